The Balaban J connectivity index is 2.26. The van der Waals surface area contributed by atoms with Crippen molar-refractivity contribution < 1.29 is 4.79 Å². The fourth-order valence-electron chi connectivity index (χ4n) is 2.30. The quantitative estimate of drug-likeness (QED) is 0.856. The maximum absolute atomic E-state index is 12.4. The van der Waals surface area contributed by atoms with Crippen LogP contribution in [0.1, 0.15) is 35.0 Å². The second-order valence-electron chi connectivity index (χ2n) is 4.69. The molecule has 3 nitrogen and oxygen atoms in total. The van der Waals surface area contributed by atoms with Crippen LogP contribution in [0.4, 0.5) is 0 Å². The second kappa shape index (κ2) is 4.18. The van der Waals surface area contributed by atoms with Gasteiger partial charge in [-0.1, -0.05) is 0 Å². The lowest BCUT2D eigenvalue weighted by Crippen LogP contribution is -2.49. The lowest BCUT2D eigenvalue weighted by atomic mass is 9.99. The van der Waals surface area contributed by atoms with Crippen LogP contribution < -0.4 is 5.73 Å². The van der Waals surface area contributed by atoms with Gasteiger partial charge in [-0.25, -0.2) is 0 Å². The molecule has 1 atom stereocenters. The average Bonchev–Trinajstić information content (AvgIpc) is 2.84. The average molecular weight is 238 g/mol. The van der Waals surface area contributed by atoms with Gasteiger partial charge in [0.05, 0.1) is 10.4 Å². The minimum atomic E-state index is -0.145. The van der Waals surface area contributed by atoms with Crippen molar-refractivity contribution in [1.29, 1.82) is 0 Å². The first-order valence-corrected chi connectivity index (χ1v) is 6.52. The number of carbonyl (C=O) groups excluding carboxylic acids is 1. The number of thiophene rings is 1. The van der Waals surface area contributed by atoms with Crippen molar-refractivity contribution in [3.63, 3.8) is 0 Å². The molecule has 2 N–H and O–H groups in total. The van der Waals surface area contributed by atoms with Gasteiger partial charge in [0, 0.05) is 13.1 Å². The summed E-state index contributed by atoms with van der Waals surface area (Å²) in [7, 11) is 0. The molecule has 0 saturated carbocycles. The molecule has 0 spiro atoms. The first-order chi connectivity index (χ1) is 7.58. The molecule has 2 rings (SSSR count). The fraction of sp³-hybridized carbons (Fsp3) is 0.583. The van der Waals surface area contributed by atoms with Crippen LogP contribution in [0.5, 0.6) is 0 Å². The summed E-state index contributed by atoms with van der Waals surface area (Å²) < 4.78 is 0. The number of nitrogens with two attached hydrogens (primary N) is 1. The molecule has 16 heavy (non-hydrogen) atoms. The number of carbonyl (C=O) groups is 1. The van der Waals surface area contributed by atoms with Crippen molar-refractivity contribution in [1.82, 2.24) is 4.90 Å². The van der Waals surface area contributed by atoms with E-state index in [2.05, 4.69) is 6.92 Å². The summed E-state index contributed by atoms with van der Waals surface area (Å²) in [6.07, 6.45) is 2.07. The first kappa shape index (κ1) is 11.6. The smallest absolute Gasteiger partial charge is 0.264 e. The van der Waals surface area contributed by atoms with Gasteiger partial charge in [0.25, 0.3) is 5.91 Å². The minimum Gasteiger partial charge on any atom is -0.331 e. The minimum absolute atomic E-state index is 0.145. The predicted octanol–water partition coefficient (Wildman–Crippen LogP) is 2.01. The largest absolute Gasteiger partial charge is 0.331 e. The lowest BCUT2D eigenvalue weighted by Gasteiger charge is -2.34. The molecule has 2 heterocycles. The molecule has 1 fully saturated rings. The number of amides is 1. The normalized spacial score (nSPS) is 25.1. The van der Waals surface area contributed by atoms with Crippen molar-refractivity contribution in [3.05, 3.63) is 21.9 Å². The Labute approximate surface area is 100 Å². The zero-order valence-electron chi connectivity index (χ0n) is 9.82. The zero-order valence-corrected chi connectivity index (χ0v) is 10.6. The number of aryl methyl sites for hydroxylation is 1. The van der Waals surface area contributed by atoms with Crippen LogP contribution in [-0.2, 0) is 0 Å². The molecule has 88 valence electrons. The van der Waals surface area contributed by atoms with Gasteiger partial charge in [0.1, 0.15) is 0 Å². The SMILES string of the molecule is Cc1ccsc1C(=O)N1CCCC1(C)CN. The molecular weight excluding hydrogens is 220 g/mol. The van der Waals surface area contributed by atoms with Crippen LogP contribution in [0.2, 0.25) is 0 Å². The van der Waals surface area contributed by atoms with Gasteiger partial charge in [-0.2, -0.15) is 0 Å². The van der Waals surface area contributed by atoms with Crippen LogP contribution in [0, 0.1) is 6.92 Å². The monoisotopic (exact) mass is 238 g/mol. The zero-order chi connectivity index (χ0) is 11.8. The third kappa shape index (κ3) is 1.76. The van der Waals surface area contributed by atoms with Gasteiger partial charge in [0.2, 0.25) is 0 Å². The first-order valence-electron chi connectivity index (χ1n) is 5.64. The molecule has 1 aliphatic rings. The van der Waals surface area contributed by atoms with Crippen molar-refractivity contribution in [2.75, 3.05) is 13.1 Å². The van der Waals surface area contributed by atoms with Gasteiger partial charge in [-0.3, -0.25) is 4.79 Å². The van der Waals surface area contributed by atoms with E-state index in [1.807, 2.05) is 23.3 Å². The van der Waals surface area contributed by atoms with Crippen molar-refractivity contribution in [3.8, 4) is 0 Å². The summed E-state index contributed by atoms with van der Waals surface area (Å²) in [5, 5.41) is 1.97. The highest BCUT2D eigenvalue weighted by atomic mass is 32.1. The lowest BCUT2D eigenvalue weighted by molar-refractivity contribution is 0.0641. The van der Waals surface area contributed by atoms with E-state index in [-0.39, 0.29) is 11.4 Å². The molecule has 1 unspecified atom stereocenters. The van der Waals surface area contributed by atoms with E-state index in [0.29, 0.717) is 6.54 Å². The van der Waals surface area contributed by atoms with Crippen LogP contribution >= 0.6 is 11.3 Å². The number of rotatable bonds is 2. The van der Waals surface area contributed by atoms with E-state index in [4.69, 9.17) is 5.73 Å². The molecular formula is C12H18N2OS. The third-order valence-electron chi connectivity index (χ3n) is 3.49. The van der Waals surface area contributed by atoms with Gasteiger partial charge in [0.15, 0.2) is 0 Å². The summed E-state index contributed by atoms with van der Waals surface area (Å²) in [6, 6.07) is 1.99. The van der Waals surface area contributed by atoms with E-state index in [1.54, 1.807) is 0 Å². The maximum Gasteiger partial charge on any atom is 0.264 e. The van der Waals surface area contributed by atoms with E-state index >= 15 is 0 Å². The summed E-state index contributed by atoms with van der Waals surface area (Å²) in [4.78, 5) is 15.2. The van der Waals surface area contributed by atoms with Crippen LogP contribution in [0.25, 0.3) is 0 Å². The Morgan fingerprint density at radius 3 is 3.00 bits per heavy atom. The van der Waals surface area contributed by atoms with Crippen molar-refractivity contribution >= 4 is 17.2 Å². The molecule has 1 saturated heterocycles. The van der Waals surface area contributed by atoms with E-state index in [1.165, 1.54) is 11.3 Å². The van der Waals surface area contributed by atoms with Crippen molar-refractivity contribution in [2.24, 2.45) is 5.73 Å². The molecule has 4 heteroatoms. The van der Waals surface area contributed by atoms with Gasteiger partial charge in [-0.05, 0) is 43.7 Å². The van der Waals surface area contributed by atoms with Gasteiger partial charge >= 0.3 is 0 Å². The molecule has 1 aliphatic heterocycles. The summed E-state index contributed by atoms with van der Waals surface area (Å²) in [5.41, 5.74) is 6.72. The Morgan fingerprint density at radius 2 is 2.44 bits per heavy atom. The maximum atomic E-state index is 12.4. The van der Waals surface area contributed by atoms with E-state index in [0.717, 1.165) is 29.8 Å². The number of nitrogens with zero attached hydrogens (tertiary/aromatic N) is 1. The topological polar surface area (TPSA) is 46.3 Å². The number of hydrogen-bond donors (Lipinski definition) is 1. The summed E-state index contributed by atoms with van der Waals surface area (Å²) in [5.74, 6) is 0.151. The summed E-state index contributed by atoms with van der Waals surface area (Å²) in [6.45, 7) is 5.45. The fourth-order valence-corrected chi connectivity index (χ4v) is 3.17. The Morgan fingerprint density at radius 1 is 1.69 bits per heavy atom. The molecule has 1 aromatic heterocycles. The van der Waals surface area contributed by atoms with Crippen LogP contribution in [-0.4, -0.2) is 29.4 Å². The highest BCUT2D eigenvalue weighted by Gasteiger charge is 2.39. The number of likely N-dealkylation sites (tertiary alicyclic amines) is 1. The van der Waals surface area contributed by atoms with Gasteiger partial charge in [-0.15, -0.1) is 11.3 Å². The van der Waals surface area contributed by atoms with Crippen LogP contribution in [0.15, 0.2) is 11.4 Å². The highest BCUT2D eigenvalue weighted by molar-refractivity contribution is 7.12. The Bertz CT molecular complexity index is 401. The van der Waals surface area contributed by atoms with E-state index < -0.39 is 0 Å². The molecule has 0 aromatic carbocycles. The molecule has 0 aliphatic carbocycles. The van der Waals surface area contributed by atoms with Crippen molar-refractivity contribution in [2.45, 2.75) is 32.2 Å². The second-order valence-corrected chi connectivity index (χ2v) is 5.61. The predicted molar refractivity (Wildman–Crippen MR) is 66.8 cm³/mol. The number of hydrogen-bond acceptors (Lipinski definition) is 3. The Hall–Kier alpha value is -0.870. The highest BCUT2D eigenvalue weighted by Crippen LogP contribution is 2.31. The molecule has 0 bridgehead atoms. The molecule has 1 amide bonds. The summed E-state index contributed by atoms with van der Waals surface area (Å²) >= 11 is 1.52. The molecule has 0 radical (unpaired) electrons. The molecule has 1 aromatic rings. The standard InChI is InChI=1S/C12H18N2OS/c1-9-4-7-16-10(9)11(15)14-6-3-5-12(14,2)8-13/h4,7H,3,5-6,8,13H2,1-2H3. The Kier molecular flexibility index (Phi) is 3.04. The third-order valence-corrected chi connectivity index (χ3v) is 4.49. The van der Waals surface area contributed by atoms with Gasteiger partial charge < -0.3 is 10.6 Å². The van der Waals surface area contributed by atoms with Crippen LogP contribution in [0.3, 0.4) is 0 Å². The van der Waals surface area contributed by atoms with E-state index in [9.17, 15) is 4.79 Å².